The molecule has 0 spiro atoms. The van der Waals surface area contributed by atoms with E-state index in [2.05, 4.69) is 4.74 Å². The van der Waals surface area contributed by atoms with E-state index in [1.807, 2.05) is 60.7 Å². The van der Waals surface area contributed by atoms with Gasteiger partial charge in [-0.2, -0.15) is 0 Å². The monoisotopic (exact) mass is 364 g/mol. The van der Waals surface area contributed by atoms with Crippen molar-refractivity contribution >= 4 is 22.8 Å². The Hall–Kier alpha value is -2.21. The second-order valence-electron chi connectivity index (χ2n) is 4.89. The third kappa shape index (κ3) is 11.1. The van der Waals surface area contributed by atoms with Crippen LogP contribution in [0.4, 0.5) is 0 Å². The minimum Gasteiger partial charge on any atom is -0.467 e. The number of carbonyl (C=O) groups is 2. The van der Waals surface area contributed by atoms with Crippen LogP contribution in [0.15, 0.2) is 60.7 Å². The third-order valence-corrected chi connectivity index (χ3v) is 3.00. The summed E-state index contributed by atoms with van der Waals surface area (Å²) in [4.78, 5) is 20.9. The lowest BCUT2D eigenvalue weighted by Crippen LogP contribution is -2.09. The normalized spacial score (nSPS) is 9.68. The van der Waals surface area contributed by atoms with Gasteiger partial charge in [0.25, 0.3) is 0 Å². The summed E-state index contributed by atoms with van der Waals surface area (Å²) in [5, 5.41) is -0.467. The fourth-order valence-corrected chi connectivity index (χ4v) is 1.79. The van der Waals surface area contributed by atoms with Gasteiger partial charge >= 0.3 is 5.97 Å². The Balaban J connectivity index is 0.000000251. The van der Waals surface area contributed by atoms with Gasteiger partial charge in [-0.05, 0) is 22.7 Å². The largest absolute Gasteiger partial charge is 0.467 e. The van der Waals surface area contributed by atoms with Crippen molar-refractivity contribution in [1.82, 2.24) is 0 Å². The van der Waals surface area contributed by atoms with E-state index in [4.69, 9.17) is 21.1 Å². The van der Waals surface area contributed by atoms with E-state index in [0.717, 1.165) is 11.1 Å². The van der Waals surface area contributed by atoms with Crippen LogP contribution in [0.5, 0.6) is 0 Å². The molecule has 0 aliphatic carbocycles. The standard InChI is InChI=1S/C10H12O3.C9H9ClO2/c1-12-10(11)8-13-7-9-5-3-2-4-6-9;10-9(11)7-12-6-8-4-2-1-3-5-8/h2-6H,7-8H2,1H3;1-5H,6-7H2. The molecule has 2 aromatic rings. The molecule has 0 atom stereocenters. The van der Waals surface area contributed by atoms with E-state index in [-0.39, 0.29) is 19.2 Å². The Bertz CT molecular complexity index is 616. The SMILES string of the molecule is COC(=O)COCc1ccccc1.O=C(Cl)COCc1ccccc1. The van der Waals surface area contributed by atoms with E-state index < -0.39 is 5.24 Å². The first kappa shape index (κ1) is 20.8. The van der Waals surface area contributed by atoms with Gasteiger partial charge in [-0.1, -0.05) is 60.7 Å². The molecule has 6 heteroatoms. The summed E-state index contributed by atoms with van der Waals surface area (Å²) in [5.74, 6) is -0.351. The highest BCUT2D eigenvalue weighted by Crippen LogP contribution is 2.01. The number of methoxy groups -OCH3 is 1. The zero-order valence-electron chi connectivity index (χ0n) is 14.0. The molecule has 0 aliphatic heterocycles. The van der Waals surface area contributed by atoms with E-state index in [1.54, 1.807) is 0 Å². The Morgan fingerprint density at radius 1 is 0.800 bits per heavy atom. The van der Waals surface area contributed by atoms with Crippen LogP contribution in [-0.2, 0) is 37.0 Å². The first-order valence-corrected chi connectivity index (χ1v) is 7.98. The summed E-state index contributed by atoms with van der Waals surface area (Å²) in [7, 11) is 1.34. The smallest absolute Gasteiger partial charge is 0.331 e. The van der Waals surface area contributed by atoms with Crippen LogP contribution in [-0.4, -0.2) is 31.5 Å². The van der Waals surface area contributed by atoms with Crippen molar-refractivity contribution in [3.63, 3.8) is 0 Å². The molecule has 0 bridgehead atoms. The lowest BCUT2D eigenvalue weighted by Gasteiger charge is -2.02. The van der Waals surface area contributed by atoms with Gasteiger partial charge in [0.2, 0.25) is 5.24 Å². The number of hydrogen-bond acceptors (Lipinski definition) is 5. The Labute approximate surface area is 152 Å². The summed E-state index contributed by atoms with van der Waals surface area (Å²) in [6, 6.07) is 19.3. The molecule has 5 nitrogen and oxygen atoms in total. The number of carbonyl (C=O) groups excluding carboxylic acids is 2. The lowest BCUT2D eigenvalue weighted by atomic mass is 10.2. The molecule has 2 rings (SSSR count). The molecular weight excluding hydrogens is 344 g/mol. The van der Waals surface area contributed by atoms with Crippen molar-refractivity contribution in [3.8, 4) is 0 Å². The summed E-state index contributed by atoms with van der Waals surface area (Å²) in [6.07, 6.45) is 0. The molecule has 25 heavy (non-hydrogen) atoms. The van der Waals surface area contributed by atoms with Gasteiger partial charge in [-0.15, -0.1) is 0 Å². The van der Waals surface area contributed by atoms with Gasteiger partial charge in [-0.3, -0.25) is 4.79 Å². The van der Waals surface area contributed by atoms with Gasteiger partial charge in [0, 0.05) is 0 Å². The Kier molecular flexibility index (Phi) is 10.9. The van der Waals surface area contributed by atoms with Gasteiger partial charge in [0.05, 0.1) is 20.3 Å². The maximum Gasteiger partial charge on any atom is 0.331 e. The van der Waals surface area contributed by atoms with E-state index in [0.29, 0.717) is 13.2 Å². The molecule has 0 amide bonds. The van der Waals surface area contributed by atoms with Crippen LogP contribution in [0, 0.1) is 0 Å². The molecule has 0 aliphatic rings. The number of ether oxygens (including phenoxy) is 3. The Morgan fingerprint density at radius 3 is 1.64 bits per heavy atom. The fourth-order valence-electron chi connectivity index (χ4n) is 1.71. The predicted molar refractivity (Wildman–Crippen MR) is 95.1 cm³/mol. The minimum absolute atomic E-state index is 0.00535. The summed E-state index contributed by atoms with van der Waals surface area (Å²) < 4.78 is 14.5. The number of hydrogen-bond donors (Lipinski definition) is 0. The van der Waals surface area contributed by atoms with Gasteiger partial charge < -0.3 is 14.2 Å². The number of rotatable bonds is 8. The molecular formula is C19H21ClO5. The quantitative estimate of drug-likeness (QED) is 0.531. The van der Waals surface area contributed by atoms with Crippen molar-refractivity contribution < 1.29 is 23.8 Å². The summed E-state index contributed by atoms with van der Waals surface area (Å²) in [6.45, 7) is 0.844. The van der Waals surface area contributed by atoms with Crippen molar-refractivity contribution in [2.24, 2.45) is 0 Å². The van der Waals surface area contributed by atoms with Crippen LogP contribution in [0.3, 0.4) is 0 Å². The van der Waals surface area contributed by atoms with Crippen molar-refractivity contribution in [2.45, 2.75) is 13.2 Å². The Morgan fingerprint density at radius 2 is 1.24 bits per heavy atom. The second kappa shape index (κ2) is 13.1. The summed E-state index contributed by atoms with van der Waals surface area (Å²) in [5.41, 5.74) is 2.09. The number of benzene rings is 2. The lowest BCUT2D eigenvalue weighted by molar-refractivity contribution is -0.146. The van der Waals surface area contributed by atoms with Gasteiger partial charge in [0.1, 0.15) is 13.2 Å². The fraction of sp³-hybridized carbons (Fsp3) is 0.263. The van der Waals surface area contributed by atoms with Crippen LogP contribution < -0.4 is 0 Å². The zero-order valence-corrected chi connectivity index (χ0v) is 14.8. The molecule has 0 saturated carbocycles. The topological polar surface area (TPSA) is 61.8 Å². The number of esters is 1. The maximum atomic E-state index is 10.7. The highest BCUT2D eigenvalue weighted by molar-refractivity contribution is 6.63. The predicted octanol–water partition coefficient (Wildman–Crippen LogP) is 3.34. The van der Waals surface area contributed by atoms with Crippen LogP contribution >= 0.6 is 11.6 Å². The molecule has 134 valence electrons. The maximum absolute atomic E-state index is 10.7. The van der Waals surface area contributed by atoms with Crippen molar-refractivity contribution in [1.29, 1.82) is 0 Å². The van der Waals surface area contributed by atoms with Gasteiger partial charge in [0.15, 0.2) is 0 Å². The highest BCUT2D eigenvalue weighted by Gasteiger charge is 1.99. The zero-order chi connectivity index (χ0) is 18.3. The van der Waals surface area contributed by atoms with Gasteiger partial charge in [-0.25, -0.2) is 4.79 Å². The van der Waals surface area contributed by atoms with Crippen LogP contribution in [0.2, 0.25) is 0 Å². The first-order chi connectivity index (χ1) is 12.1. The molecule has 0 unspecified atom stereocenters. The second-order valence-corrected chi connectivity index (χ2v) is 5.31. The molecule has 2 aromatic carbocycles. The molecule has 0 radical (unpaired) electrons. The first-order valence-electron chi connectivity index (χ1n) is 7.60. The summed E-state index contributed by atoms with van der Waals surface area (Å²) >= 11 is 5.08. The minimum atomic E-state index is -0.467. The van der Waals surface area contributed by atoms with E-state index in [1.165, 1.54) is 7.11 Å². The average Bonchev–Trinajstić information content (AvgIpc) is 2.63. The van der Waals surface area contributed by atoms with Crippen LogP contribution in [0.25, 0.3) is 0 Å². The molecule has 0 N–H and O–H groups in total. The average molecular weight is 365 g/mol. The van der Waals surface area contributed by atoms with Crippen molar-refractivity contribution in [3.05, 3.63) is 71.8 Å². The molecule has 0 aromatic heterocycles. The number of halogens is 1. The molecule has 0 saturated heterocycles. The third-order valence-electron chi connectivity index (χ3n) is 2.89. The highest BCUT2D eigenvalue weighted by atomic mass is 35.5. The van der Waals surface area contributed by atoms with Crippen LogP contribution in [0.1, 0.15) is 11.1 Å². The molecule has 0 heterocycles. The van der Waals surface area contributed by atoms with E-state index >= 15 is 0 Å². The molecule has 0 fully saturated rings. The van der Waals surface area contributed by atoms with Crippen molar-refractivity contribution in [2.75, 3.05) is 20.3 Å². The van der Waals surface area contributed by atoms with E-state index in [9.17, 15) is 9.59 Å².